The molecule has 0 amide bonds. The van der Waals surface area contributed by atoms with E-state index in [1.807, 2.05) is 0 Å². The average Bonchev–Trinajstić information content (AvgIpc) is 2.74. The number of carbonyl (C=O) groups excluding carboxylic acids is 1. The van der Waals surface area contributed by atoms with E-state index < -0.39 is 0 Å². The number of hydrogen-bond acceptors (Lipinski definition) is 3. The molecule has 0 spiro atoms. The van der Waals surface area contributed by atoms with Gasteiger partial charge < -0.3 is 9.73 Å². The van der Waals surface area contributed by atoms with Crippen molar-refractivity contribution >= 4 is 21.7 Å². The van der Waals surface area contributed by atoms with Crippen LogP contribution in [0.5, 0.6) is 0 Å². The van der Waals surface area contributed by atoms with E-state index in [0.717, 1.165) is 24.0 Å². The maximum absolute atomic E-state index is 11.8. The monoisotopic (exact) mass is 285 g/mol. The topological polar surface area (TPSA) is 42.2 Å². The van der Waals surface area contributed by atoms with Gasteiger partial charge in [0.2, 0.25) is 0 Å². The molecule has 2 heterocycles. The molecule has 1 fully saturated rings. The van der Waals surface area contributed by atoms with E-state index in [0.29, 0.717) is 18.1 Å². The van der Waals surface area contributed by atoms with Crippen LogP contribution in [0.4, 0.5) is 0 Å². The van der Waals surface area contributed by atoms with Crippen LogP contribution < -0.4 is 5.32 Å². The number of rotatable bonds is 4. The molecular formula is C12H16BrNO2. The minimum Gasteiger partial charge on any atom is -0.460 e. The molecule has 1 aromatic heterocycles. The highest BCUT2D eigenvalue weighted by Crippen LogP contribution is 2.22. The number of furan rings is 1. The molecular weight excluding hydrogens is 270 g/mol. The largest absolute Gasteiger partial charge is 0.460 e. The minimum atomic E-state index is 0.0995. The normalized spacial score (nSPS) is 20.9. The fourth-order valence-corrected chi connectivity index (χ4v) is 2.53. The van der Waals surface area contributed by atoms with E-state index in [-0.39, 0.29) is 5.78 Å². The zero-order valence-corrected chi connectivity index (χ0v) is 10.8. The summed E-state index contributed by atoms with van der Waals surface area (Å²) >= 11 is 3.31. The lowest BCUT2D eigenvalue weighted by Gasteiger charge is -2.22. The molecule has 0 aromatic carbocycles. The molecule has 1 aliphatic rings. The Morgan fingerprint density at radius 3 is 3.12 bits per heavy atom. The first-order valence-electron chi connectivity index (χ1n) is 5.74. The van der Waals surface area contributed by atoms with Crippen molar-refractivity contribution in [2.45, 2.75) is 25.7 Å². The van der Waals surface area contributed by atoms with E-state index in [2.05, 4.69) is 21.2 Å². The Morgan fingerprint density at radius 2 is 2.50 bits per heavy atom. The summed E-state index contributed by atoms with van der Waals surface area (Å²) < 4.78 is 5.92. The van der Waals surface area contributed by atoms with Crippen molar-refractivity contribution in [3.63, 3.8) is 0 Å². The Kier molecular flexibility index (Phi) is 4.18. The maximum Gasteiger partial charge on any atom is 0.199 e. The highest BCUT2D eigenvalue weighted by Gasteiger charge is 2.18. The minimum absolute atomic E-state index is 0.0995. The number of hydrogen-bond donors (Lipinski definition) is 1. The maximum atomic E-state index is 11.8. The molecule has 16 heavy (non-hydrogen) atoms. The molecule has 2 rings (SSSR count). The molecule has 88 valence electrons. The lowest BCUT2D eigenvalue weighted by molar-refractivity contribution is 0.0943. The van der Waals surface area contributed by atoms with Crippen molar-refractivity contribution in [3.8, 4) is 0 Å². The summed E-state index contributed by atoms with van der Waals surface area (Å²) in [6.07, 6.45) is 5.54. The van der Waals surface area contributed by atoms with Gasteiger partial charge in [0.15, 0.2) is 11.5 Å². The predicted octanol–water partition coefficient (Wildman–Crippen LogP) is 3.00. The molecule has 1 N–H and O–H groups in total. The summed E-state index contributed by atoms with van der Waals surface area (Å²) in [5, 5.41) is 3.36. The summed E-state index contributed by atoms with van der Waals surface area (Å²) in [6.45, 7) is 2.17. The second-order valence-corrected chi connectivity index (χ2v) is 5.13. The molecule has 0 saturated carbocycles. The van der Waals surface area contributed by atoms with Crippen LogP contribution in [0.3, 0.4) is 0 Å². The molecule has 4 heteroatoms. The van der Waals surface area contributed by atoms with Gasteiger partial charge in [-0.1, -0.05) is 0 Å². The van der Waals surface area contributed by atoms with E-state index in [4.69, 9.17) is 4.42 Å². The quantitative estimate of drug-likeness (QED) is 0.865. The smallest absolute Gasteiger partial charge is 0.199 e. The SMILES string of the molecule is O=C(CCC1CCCNC1)c1occc1Br. The second-order valence-electron chi connectivity index (χ2n) is 4.27. The highest BCUT2D eigenvalue weighted by atomic mass is 79.9. The van der Waals surface area contributed by atoms with Gasteiger partial charge in [-0.2, -0.15) is 0 Å². The number of halogens is 1. The zero-order chi connectivity index (χ0) is 11.4. The number of Topliss-reactive ketones (excluding diaryl/α,β-unsaturated/α-hetero) is 1. The summed E-state index contributed by atoms with van der Waals surface area (Å²) in [5.74, 6) is 1.21. The Balaban J connectivity index is 1.81. The third-order valence-electron chi connectivity index (χ3n) is 3.05. The molecule has 0 radical (unpaired) electrons. The third kappa shape index (κ3) is 2.95. The van der Waals surface area contributed by atoms with Crippen LogP contribution >= 0.6 is 15.9 Å². The molecule has 3 nitrogen and oxygen atoms in total. The van der Waals surface area contributed by atoms with E-state index in [9.17, 15) is 4.79 Å². The fraction of sp³-hybridized carbons (Fsp3) is 0.583. The zero-order valence-electron chi connectivity index (χ0n) is 9.17. The van der Waals surface area contributed by atoms with Crippen LogP contribution in [0.1, 0.15) is 36.2 Å². The fourth-order valence-electron chi connectivity index (χ4n) is 2.11. The van der Waals surface area contributed by atoms with Crippen molar-refractivity contribution in [1.82, 2.24) is 5.32 Å². The first-order valence-corrected chi connectivity index (χ1v) is 6.53. The average molecular weight is 286 g/mol. The Bertz CT molecular complexity index is 356. The summed E-state index contributed by atoms with van der Waals surface area (Å²) in [4.78, 5) is 11.8. The molecule has 1 aromatic rings. The van der Waals surface area contributed by atoms with Crippen molar-refractivity contribution < 1.29 is 9.21 Å². The van der Waals surface area contributed by atoms with Crippen LogP contribution in [-0.2, 0) is 0 Å². The highest BCUT2D eigenvalue weighted by molar-refractivity contribution is 9.10. The predicted molar refractivity (Wildman–Crippen MR) is 65.6 cm³/mol. The summed E-state index contributed by atoms with van der Waals surface area (Å²) in [7, 11) is 0. The van der Waals surface area contributed by atoms with E-state index in [1.165, 1.54) is 12.8 Å². The van der Waals surface area contributed by atoms with Gasteiger partial charge in [-0.3, -0.25) is 4.79 Å². The van der Waals surface area contributed by atoms with Crippen LogP contribution in [0.2, 0.25) is 0 Å². The van der Waals surface area contributed by atoms with Crippen molar-refractivity contribution in [2.24, 2.45) is 5.92 Å². The Hall–Kier alpha value is -0.610. The molecule has 0 aliphatic carbocycles. The Morgan fingerprint density at radius 1 is 1.62 bits per heavy atom. The van der Waals surface area contributed by atoms with E-state index in [1.54, 1.807) is 12.3 Å². The standard InChI is InChI=1S/C12H16BrNO2/c13-10-5-7-16-12(10)11(15)4-3-9-2-1-6-14-8-9/h5,7,9,14H,1-4,6,8H2. The Labute approximate surface area is 104 Å². The van der Waals surface area contributed by atoms with Gasteiger partial charge >= 0.3 is 0 Å². The van der Waals surface area contributed by atoms with Gasteiger partial charge in [-0.05, 0) is 60.3 Å². The van der Waals surface area contributed by atoms with Crippen LogP contribution in [0.15, 0.2) is 21.2 Å². The van der Waals surface area contributed by atoms with Gasteiger partial charge in [0.1, 0.15) is 0 Å². The first kappa shape index (κ1) is 11.9. The molecule has 1 atom stereocenters. The van der Waals surface area contributed by atoms with Crippen molar-refractivity contribution in [2.75, 3.05) is 13.1 Å². The van der Waals surface area contributed by atoms with Crippen molar-refractivity contribution in [1.29, 1.82) is 0 Å². The lowest BCUT2D eigenvalue weighted by atomic mass is 9.93. The van der Waals surface area contributed by atoms with Gasteiger partial charge in [0.25, 0.3) is 0 Å². The number of ketones is 1. The molecule has 1 saturated heterocycles. The molecule has 1 unspecified atom stereocenters. The van der Waals surface area contributed by atoms with Gasteiger partial charge in [-0.15, -0.1) is 0 Å². The van der Waals surface area contributed by atoms with Gasteiger partial charge in [0.05, 0.1) is 10.7 Å². The number of carbonyl (C=O) groups is 1. The molecule has 0 bridgehead atoms. The molecule has 1 aliphatic heterocycles. The van der Waals surface area contributed by atoms with Gasteiger partial charge in [-0.25, -0.2) is 0 Å². The van der Waals surface area contributed by atoms with Crippen LogP contribution in [0, 0.1) is 5.92 Å². The number of nitrogens with one attached hydrogen (secondary N) is 1. The van der Waals surface area contributed by atoms with Gasteiger partial charge in [0, 0.05) is 6.42 Å². The summed E-state index contributed by atoms with van der Waals surface area (Å²) in [5.41, 5.74) is 0. The second kappa shape index (κ2) is 5.64. The first-order chi connectivity index (χ1) is 7.77. The van der Waals surface area contributed by atoms with Crippen LogP contribution in [-0.4, -0.2) is 18.9 Å². The van der Waals surface area contributed by atoms with Crippen molar-refractivity contribution in [3.05, 3.63) is 22.6 Å². The lowest BCUT2D eigenvalue weighted by Crippen LogP contribution is -2.30. The third-order valence-corrected chi connectivity index (χ3v) is 3.67. The van der Waals surface area contributed by atoms with Crippen LogP contribution in [0.25, 0.3) is 0 Å². The van der Waals surface area contributed by atoms with E-state index >= 15 is 0 Å². The number of piperidine rings is 1. The summed E-state index contributed by atoms with van der Waals surface area (Å²) in [6, 6.07) is 1.76.